The van der Waals surface area contributed by atoms with Crippen LogP contribution in [-0.2, 0) is 0 Å². The number of fused-ring (bicyclic) bond motifs is 3. The van der Waals surface area contributed by atoms with Crippen molar-refractivity contribution in [3.63, 3.8) is 0 Å². The van der Waals surface area contributed by atoms with E-state index in [0.29, 0.717) is 0 Å². The molecule has 0 bridgehead atoms. The smallest absolute Gasteiger partial charge is 0.182 e. The van der Waals surface area contributed by atoms with Gasteiger partial charge in [-0.15, -0.1) is 5.10 Å². The molecule has 96 valence electrons. The molecule has 0 aliphatic heterocycles. The van der Waals surface area contributed by atoms with E-state index >= 15 is 0 Å². The second kappa shape index (κ2) is 4.17. The Kier molecular flexibility index (Phi) is 2.33. The lowest BCUT2D eigenvalue weighted by Gasteiger charge is -1.98. The van der Waals surface area contributed by atoms with Crippen molar-refractivity contribution in [2.45, 2.75) is 6.92 Å². The number of hydrogen-bond acceptors (Lipinski definition) is 2. The average molecular weight is 259 g/mol. The normalized spacial score (nSPS) is 11.2. The van der Waals surface area contributed by atoms with E-state index < -0.39 is 0 Å². The molecule has 3 heteroatoms. The minimum Gasteiger partial charge on any atom is -0.213 e. The maximum atomic E-state index is 4.65. The van der Waals surface area contributed by atoms with E-state index in [2.05, 4.69) is 59.5 Å². The van der Waals surface area contributed by atoms with Crippen LogP contribution < -0.4 is 0 Å². The largest absolute Gasteiger partial charge is 0.213 e. The third-order valence-corrected chi connectivity index (χ3v) is 3.52. The molecule has 0 saturated carbocycles. The van der Waals surface area contributed by atoms with Crippen LogP contribution >= 0.6 is 0 Å². The molecule has 0 radical (unpaired) electrons. The first-order valence-corrected chi connectivity index (χ1v) is 6.63. The number of rotatable bonds is 1. The molecule has 2 heterocycles. The SMILES string of the molecule is Cc1ccc(-c2nc3ccc4ccccc4n3n2)cc1. The van der Waals surface area contributed by atoms with Crippen molar-refractivity contribution in [2.24, 2.45) is 0 Å². The number of nitrogens with zero attached hydrogens (tertiary/aromatic N) is 3. The van der Waals surface area contributed by atoms with E-state index in [1.54, 1.807) is 0 Å². The van der Waals surface area contributed by atoms with Crippen molar-refractivity contribution >= 4 is 16.6 Å². The second-order valence-electron chi connectivity index (χ2n) is 4.96. The highest BCUT2D eigenvalue weighted by atomic mass is 15.3. The summed E-state index contributed by atoms with van der Waals surface area (Å²) in [5.74, 6) is 0.765. The Labute approximate surface area is 116 Å². The zero-order valence-corrected chi connectivity index (χ0v) is 11.1. The lowest BCUT2D eigenvalue weighted by Crippen LogP contribution is -1.89. The topological polar surface area (TPSA) is 30.2 Å². The summed E-state index contributed by atoms with van der Waals surface area (Å²) < 4.78 is 1.91. The molecule has 0 saturated heterocycles. The second-order valence-corrected chi connectivity index (χ2v) is 4.96. The van der Waals surface area contributed by atoms with Crippen LogP contribution in [0.15, 0.2) is 60.7 Å². The van der Waals surface area contributed by atoms with Gasteiger partial charge in [-0.3, -0.25) is 0 Å². The molecule has 0 unspecified atom stereocenters. The standard InChI is InChI=1S/C17H13N3/c1-12-6-8-14(9-7-12)17-18-16-11-10-13-4-2-3-5-15(13)20(16)19-17/h2-11H,1H3. The summed E-state index contributed by atoms with van der Waals surface area (Å²) in [6.07, 6.45) is 0. The molecule has 0 spiro atoms. The van der Waals surface area contributed by atoms with Crippen LogP contribution in [0.25, 0.3) is 27.9 Å². The Bertz CT molecular complexity index is 904. The fourth-order valence-corrected chi connectivity index (χ4v) is 2.42. The molecular formula is C17H13N3. The Balaban J connectivity index is 1.98. The Hall–Kier alpha value is -2.68. The maximum Gasteiger partial charge on any atom is 0.182 e. The molecule has 20 heavy (non-hydrogen) atoms. The van der Waals surface area contributed by atoms with Gasteiger partial charge in [0.1, 0.15) is 0 Å². The van der Waals surface area contributed by atoms with Gasteiger partial charge in [0.25, 0.3) is 0 Å². The van der Waals surface area contributed by atoms with Crippen molar-refractivity contribution in [1.29, 1.82) is 0 Å². The molecule has 0 aliphatic carbocycles. The molecular weight excluding hydrogens is 246 g/mol. The van der Waals surface area contributed by atoms with Gasteiger partial charge < -0.3 is 0 Å². The molecule has 2 aromatic heterocycles. The molecule has 0 atom stereocenters. The lowest BCUT2D eigenvalue weighted by atomic mass is 10.1. The zero-order chi connectivity index (χ0) is 13.5. The van der Waals surface area contributed by atoms with E-state index in [9.17, 15) is 0 Å². The van der Waals surface area contributed by atoms with Gasteiger partial charge in [-0.2, -0.15) is 0 Å². The van der Waals surface area contributed by atoms with E-state index in [1.807, 2.05) is 22.7 Å². The molecule has 0 amide bonds. The average Bonchev–Trinajstić information content (AvgIpc) is 2.92. The summed E-state index contributed by atoms with van der Waals surface area (Å²) >= 11 is 0. The molecule has 4 rings (SSSR count). The summed E-state index contributed by atoms with van der Waals surface area (Å²) in [5, 5.41) is 5.81. The van der Waals surface area contributed by atoms with Crippen LogP contribution in [0.3, 0.4) is 0 Å². The monoisotopic (exact) mass is 259 g/mol. The summed E-state index contributed by atoms with van der Waals surface area (Å²) in [7, 11) is 0. The number of aryl methyl sites for hydroxylation is 1. The van der Waals surface area contributed by atoms with Crippen molar-refractivity contribution < 1.29 is 0 Å². The third kappa shape index (κ3) is 1.67. The summed E-state index contributed by atoms with van der Waals surface area (Å²) in [4.78, 5) is 4.61. The van der Waals surface area contributed by atoms with Crippen LogP contribution in [0.4, 0.5) is 0 Å². The quantitative estimate of drug-likeness (QED) is 0.519. The fourth-order valence-electron chi connectivity index (χ4n) is 2.42. The Morgan fingerprint density at radius 1 is 0.850 bits per heavy atom. The number of para-hydroxylation sites is 1. The van der Waals surface area contributed by atoms with E-state index in [4.69, 9.17) is 0 Å². The first-order chi connectivity index (χ1) is 9.81. The number of benzene rings is 2. The van der Waals surface area contributed by atoms with Crippen molar-refractivity contribution in [3.8, 4) is 11.4 Å². The molecule has 3 nitrogen and oxygen atoms in total. The Morgan fingerprint density at radius 2 is 1.65 bits per heavy atom. The number of hydrogen-bond donors (Lipinski definition) is 0. The van der Waals surface area contributed by atoms with E-state index in [0.717, 1.165) is 22.6 Å². The minimum absolute atomic E-state index is 0.765. The first kappa shape index (κ1) is 11.2. The maximum absolute atomic E-state index is 4.65. The number of pyridine rings is 1. The van der Waals surface area contributed by atoms with Gasteiger partial charge in [-0.25, -0.2) is 9.50 Å². The lowest BCUT2D eigenvalue weighted by molar-refractivity contribution is 1.01. The Morgan fingerprint density at radius 3 is 2.50 bits per heavy atom. The van der Waals surface area contributed by atoms with Crippen LogP contribution in [0.5, 0.6) is 0 Å². The van der Waals surface area contributed by atoms with Gasteiger partial charge in [-0.1, -0.05) is 48.0 Å². The number of aromatic nitrogens is 3. The van der Waals surface area contributed by atoms with Crippen LogP contribution in [0, 0.1) is 6.92 Å². The minimum atomic E-state index is 0.765. The fraction of sp³-hybridized carbons (Fsp3) is 0.0588. The molecule has 4 aromatic rings. The molecule has 0 N–H and O–H groups in total. The summed E-state index contributed by atoms with van der Waals surface area (Å²) in [6.45, 7) is 2.08. The van der Waals surface area contributed by atoms with Crippen molar-refractivity contribution in [1.82, 2.24) is 14.6 Å². The van der Waals surface area contributed by atoms with Crippen molar-refractivity contribution in [2.75, 3.05) is 0 Å². The summed E-state index contributed by atoms with van der Waals surface area (Å²) in [5.41, 5.74) is 4.24. The highest BCUT2D eigenvalue weighted by molar-refractivity contribution is 5.81. The van der Waals surface area contributed by atoms with E-state index in [1.165, 1.54) is 10.9 Å². The van der Waals surface area contributed by atoms with Gasteiger partial charge in [-0.05, 0) is 25.1 Å². The molecule has 2 aromatic carbocycles. The first-order valence-electron chi connectivity index (χ1n) is 6.63. The predicted octanol–water partition coefficient (Wildman–Crippen LogP) is 3.86. The third-order valence-electron chi connectivity index (χ3n) is 3.52. The van der Waals surface area contributed by atoms with Crippen LogP contribution in [0.1, 0.15) is 5.56 Å². The predicted molar refractivity (Wildman–Crippen MR) is 80.7 cm³/mol. The molecule has 0 fully saturated rings. The molecule has 0 aliphatic rings. The van der Waals surface area contributed by atoms with Gasteiger partial charge in [0.2, 0.25) is 0 Å². The van der Waals surface area contributed by atoms with Crippen molar-refractivity contribution in [3.05, 3.63) is 66.2 Å². The van der Waals surface area contributed by atoms with Crippen LogP contribution in [0.2, 0.25) is 0 Å². The van der Waals surface area contributed by atoms with Gasteiger partial charge in [0.05, 0.1) is 5.52 Å². The highest BCUT2D eigenvalue weighted by Gasteiger charge is 2.08. The van der Waals surface area contributed by atoms with E-state index in [-0.39, 0.29) is 0 Å². The van der Waals surface area contributed by atoms with Gasteiger partial charge >= 0.3 is 0 Å². The zero-order valence-electron chi connectivity index (χ0n) is 11.1. The van der Waals surface area contributed by atoms with Crippen LogP contribution in [-0.4, -0.2) is 14.6 Å². The van der Waals surface area contributed by atoms with Gasteiger partial charge in [0.15, 0.2) is 11.5 Å². The van der Waals surface area contributed by atoms with Gasteiger partial charge in [0, 0.05) is 10.9 Å². The summed E-state index contributed by atoms with van der Waals surface area (Å²) in [6, 6.07) is 20.6. The highest BCUT2D eigenvalue weighted by Crippen LogP contribution is 2.20.